The zero-order valence-electron chi connectivity index (χ0n) is 10.8. The number of hydrogen-bond donors (Lipinski definition) is 3. The summed E-state index contributed by atoms with van der Waals surface area (Å²) in [5.41, 5.74) is 16.1. The maximum absolute atomic E-state index is 12.0. The summed E-state index contributed by atoms with van der Waals surface area (Å²) in [6.45, 7) is 2.03. The molecule has 1 heterocycles. The van der Waals surface area contributed by atoms with Crippen LogP contribution in [0.3, 0.4) is 0 Å². The summed E-state index contributed by atoms with van der Waals surface area (Å²) in [6.07, 6.45) is 0. The average Bonchev–Trinajstić information content (AvgIpc) is 2.72. The van der Waals surface area contributed by atoms with Crippen molar-refractivity contribution in [2.75, 3.05) is 5.43 Å². The molecule has 7 nitrogen and oxygen atoms in total. The van der Waals surface area contributed by atoms with Crippen molar-refractivity contribution in [2.24, 2.45) is 21.7 Å². The van der Waals surface area contributed by atoms with Gasteiger partial charge in [0.05, 0.1) is 11.4 Å². The molecule has 0 saturated carbocycles. The van der Waals surface area contributed by atoms with Gasteiger partial charge in [0.2, 0.25) is 0 Å². The molecule has 1 amide bonds. The summed E-state index contributed by atoms with van der Waals surface area (Å²) in [4.78, 5) is 12.0. The highest BCUT2D eigenvalue weighted by atomic mass is 32.1. The average molecular weight is 290 g/mol. The highest BCUT2D eigenvalue weighted by molar-refractivity contribution is 7.80. The number of hydrogen-bond acceptors (Lipinski definition) is 6. The van der Waals surface area contributed by atoms with E-state index in [1.165, 1.54) is 0 Å². The molecule has 0 spiro atoms. The van der Waals surface area contributed by atoms with Crippen molar-refractivity contribution in [3.8, 4) is 0 Å². The molecule has 0 bridgehead atoms. The number of rotatable bonds is 3. The standard InChI is InChI=1S/C12H14N6OS/c1-7-10(11(19)18(17-7)12(14)20)16-15-9-5-3-2-4-8(9)6-13/h2-5,15H,6,13H2,1H3,(H2,14,20). The van der Waals surface area contributed by atoms with Crippen molar-refractivity contribution < 1.29 is 4.79 Å². The first-order valence-electron chi connectivity index (χ1n) is 5.85. The number of carbonyl (C=O) groups excluding carboxylic acids is 1. The second-order valence-corrected chi connectivity index (χ2v) is 4.49. The fourth-order valence-electron chi connectivity index (χ4n) is 1.70. The molecule has 0 fully saturated rings. The van der Waals surface area contributed by atoms with E-state index in [0.29, 0.717) is 12.3 Å². The SMILES string of the molecule is CC1=NN(C(N)=S)C(=O)C1=NNc1ccccc1CN. The van der Waals surface area contributed by atoms with Crippen molar-refractivity contribution in [3.05, 3.63) is 29.8 Å². The minimum absolute atomic E-state index is 0.109. The summed E-state index contributed by atoms with van der Waals surface area (Å²) in [7, 11) is 0. The molecule has 5 N–H and O–H groups in total. The maximum Gasteiger partial charge on any atom is 0.303 e. The molecule has 2 rings (SSSR count). The van der Waals surface area contributed by atoms with Crippen LogP contribution in [0.2, 0.25) is 0 Å². The van der Waals surface area contributed by atoms with Gasteiger partial charge in [-0.2, -0.15) is 15.2 Å². The largest absolute Gasteiger partial charge is 0.374 e. The second-order valence-electron chi connectivity index (χ2n) is 4.07. The Labute approximate surface area is 121 Å². The van der Waals surface area contributed by atoms with Crippen LogP contribution in [0.4, 0.5) is 5.69 Å². The van der Waals surface area contributed by atoms with Crippen LogP contribution in [0.15, 0.2) is 34.5 Å². The third kappa shape index (κ3) is 2.65. The molecule has 1 aliphatic rings. The van der Waals surface area contributed by atoms with Crippen molar-refractivity contribution in [2.45, 2.75) is 13.5 Å². The Hall–Kier alpha value is -2.32. The predicted molar refractivity (Wildman–Crippen MR) is 82.1 cm³/mol. The zero-order valence-corrected chi connectivity index (χ0v) is 11.6. The van der Waals surface area contributed by atoms with Crippen LogP contribution < -0.4 is 16.9 Å². The molecule has 1 aliphatic heterocycles. The molecule has 20 heavy (non-hydrogen) atoms. The van der Waals surface area contributed by atoms with E-state index in [4.69, 9.17) is 23.7 Å². The molecule has 0 atom stereocenters. The van der Waals surface area contributed by atoms with Crippen molar-refractivity contribution in [3.63, 3.8) is 0 Å². The van der Waals surface area contributed by atoms with Crippen LogP contribution in [0.25, 0.3) is 0 Å². The van der Waals surface area contributed by atoms with Gasteiger partial charge in [0.25, 0.3) is 0 Å². The zero-order chi connectivity index (χ0) is 14.7. The van der Waals surface area contributed by atoms with Gasteiger partial charge < -0.3 is 11.5 Å². The smallest absolute Gasteiger partial charge is 0.303 e. The van der Waals surface area contributed by atoms with Crippen LogP contribution in [0, 0.1) is 0 Å². The number of thiocarbonyl (C=S) groups is 1. The van der Waals surface area contributed by atoms with Crippen LogP contribution in [-0.4, -0.2) is 27.5 Å². The molecule has 0 aliphatic carbocycles. The number of amides is 1. The lowest BCUT2D eigenvalue weighted by molar-refractivity contribution is -0.119. The number of nitrogens with one attached hydrogen (secondary N) is 1. The Bertz CT molecular complexity index is 624. The summed E-state index contributed by atoms with van der Waals surface area (Å²) in [5.74, 6) is -0.451. The van der Waals surface area contributed by atoms with E-state index < -0.39 is 5.91 Å². The monoisotopic (exact) mass is 290 g/mol. The van der Waals surface area contributed by atoms with Crippen LogP contribution in [0.5, 0.6) is 0 Å². The van der Waals surface area contributed by atoms with Crippen molar-refractivity contribution in [1.29, 1.82) is 0 Å². The molecule has 0 aromatic heterocycles. The highest BCUT2D eigenvalue weighted by Gasteiger charge is 2.31. The molecule has 0 radical (unpaired) electrons. The third-order valence-electron chi connectivity index (χ3n) is 2.72. The Morgan fingerprint density at radius 3 is 2.80 bits per heavy atom. The van der Waals surface area contributed by atoms with E-state index in [9.17, 15) is 4.79 Å². The first kappa shape index (κ1) is 14.1. The molecule has 0 unspecified atom stereocenters. The van der Waals surface area contributed by atoms with E-state index >= 15 is 0 Å². The lowest BCUT2D eigenvalue weighted by Crippen LogP contribution is -2.36. The Kier molecular flexibility index (Phi) is 4.06. The van der Waals surface area contributed by atoms with Gasteiger partial charge in [-0.25, -0.2) is 0 Å². The van der Waals surface area contributed by atoms with Gasteiger partial charge in [0, 0.05) is 6.54 Å². The van der Waals surface area contributed by atoms with Gasteiger partial charge in [-0.05, 0) is 30.8 Å². The number of anilines is 1. The van der Waals surface area contributed by atoms with E-state index in [-0.39, 0.29) is 10.8 Å². The number of benzene rings is 1. The molecule has 0 saturated heterocycles. The van der Waals surface area contributed by atoms with Gasteiger partial charge in [-0.15, -0.1) is 0 Å². The van der Waals surface area contributed by atoms with Crippen molar-refractivity contribution in [1.82, 2.24) is 5.01 Å². The maximum atomic E-state index is 12.0. The summed E-state index contributed by atoms with van der Waals surface area (Å²) in [6, 6.07) is 7.42. The summed E-state index contributed by atoms with van der Waals surface area (Å²) >= 11 is 4.74. The van der Waals surface area contributed by atoms with Gasteiger partial charge >= 0.3 is 5.91 Å². The number of hydrazone groups is 2. The van der Waals surface area contributed by atoms with Gasteiger partial charge in [0.15, 0.2) is 10.8 Å². The Morgan fingerprint density at radius 2 is 2.20 bits per heavy atom. The number of para-hydroxylation sites is 1. The van der Waals surface area contributed by atoms with Crippen LogP contribution in [-0.2, 0) is 11.3 Å². The topological polar surface area (TPSA) is 109 Å². The first-order valence-corrected chi connectivity index (χ1v) is 6.26. The van der Waals surface area contributed by atoms with Crippen LogP contribution in [0.1, 0.15) is 12.5 Å². The third-order valence-corrected chi connectivity index (χ3v) is 2.89. The molecule has 8 heteroatoms. The number of nitrogens with two attached hydrogens (primary N) is 2. The predicted octanol–water partition coefficient (Wildman–Crippen LogP) is 0.375. The normalized spacial score (nSPS) is 16.5. The second kappa shape index (κ2) is 5.76. The van der Waals surface area contributed by atoms with Crippen molar-refractivity contribution >= 4 is 40.3 Å². The minimum atomic E-state index is -0.451. The van der Waals surface area contributed by atoms with E-state index in [1.54, 1.807) is 6.92 Å². The van der Waals surface area contributed by atoms with Gasteiger partial charge in [-0.3, -0.25) is 10.2 Å². The molecule has 1 aromatic carbocycles. The fraction of sp³-hybridized carbons (Fsp3) is 0.167. The van der Waals surface area contributed by atoms with Gasteiger partial charge in [0.1, 0.15) is 0 Å². The molecular formula is C12H14N6OS. The quantitative estimate of drug-likeness (QED) is 0.550. The van der Waals surface area contributed by atoms with Crippen LogP contribution >= 0.6 is 12.2 Å². The number of nitrogens with zero attached hydrogens (tertiary/aromatic N) is 3. The lowest BCUT2D eigenvalue weighted by Gasteiger charge is -2.08. The van der Waals surface area contributed by atoms with Gasteiger partial charge in [-0.1, -0.05) is 18.2 Å². The fourth-order valence-corrected chi connectivity index (χ4v) is 1.82. The Balaban J connectivity index is 2.23. The van der Waals surface area contributed by atoms with E-state index in [1.807, 2.05) is 24.3 Å². The highest BCUT2D eigenvalue weighted by Crippen LogP contribution is 2.15. The molecular weight excluding hydrogens is 276 g/mol. The Morgan fingerprint density at radius 1 is 1.50 bits per heavy atom. The molecule has 104 valence electrons. The minimum Gasteiger partial charge on any atom is -0.374 e. The summed E-state index contributed by atoms with van der Waals surface area (Å²) < 4.78 is 0. The first-order chi connectivity index (χ1) is 9.54. The lowest BCUT2D eigenvalue weighted by atomic mass is 10.2. The molecule has 1 aromatic rings. The van der Waals surface area contributed by atoms with E-state index in [2.05, 4.69) is 15.6 Å². The summed E-state index contributed by atoms with van der Waals surface area (Å²) in [5, 5.41) is 8.85. The van der Waals surface area contributed by atoms with E-state index in [0.717, 1.165) is 16.3 Å². The number of carbonyl (C=O) groups is 1.